The Morgan fingerprint density at radius 3 is 2.95 bits per heavy atom. The Morgan fingerprint density at radius 2 is 2.29 bits per heavy atom. The first kappa shape index (κ1) is 15.3. The number of aromatic hydroxyl groups is 1. The van der Waals surface area contributed by atoms with Crippen molar-refractivity contribution in [1.29, 1.82) is 0 Å². The minimum atomic E-state index is -1.05. The molecule has 7 nitrogen and oxygen atoms in total. The standard InChI is InChI=1S/C12H10ClN3O4S/c13-8-3-7(17)2-1-6(8)5-14-16-12-15-11(20)9(21-12)4-10(18)19/h1-3,5,9,17H,4H2,(H,18,19)(H,15,16,20). The van der Waals surface area contributed by atoms with E-state index in [0.29, 0.717) is 10.6 Å². The summed E-state index contributed by atoms with van der Waals surface area (Å²) in [5.74, 6) is -1.42. The van der Waals surface area contributed by atoms with Crippen LogP contribution in [0.2, 0.25) is 5.02 Å². The molecular formula is C12H10ClN3O4S. The number of phenols is 1. The molecule has 0 aliphatic carbocycles. The highest BCUT2D eigenvalue weighted by Gasteiger charge is 2.32. The summed E-state index contributed by atoms with van der Waals surface area (Å²) in [4.78, 5) is 22.0. The van der Waals surface area contributed by atoms with Crippen LogP contribution in [-0.4, -0.2) is 38.7 Å². The van der Waals surface area contributed by atoms with Gasteiger partial charge in [0.1, 0.15) is 11.0 Å². The molecule has 9 heteroatoms. The number of thioether (sulfide) groups is 1. The molecule has 0 aromatic heterocycles. The third-order valence-corrected chi connectivity index (χ3v) is 3.87. The first-order valence-electron chi connectivity index (χ1n) is 5.74. The fraction of sp³-hybridized carbons (Fsp3) is 0.167. The predicted molar refractivity (Wildman–Crippen MR) is 79.9 cm³/mol. The highest BCUT2D eigenvalue weighted by Crippen LogP contribution is 2.23. The zero-order valence-corrected chi connectivity index (χ0v) is 12.1. The van der Waals surface area contributed by atoms with Gasteiger partial charge in [-0.15, -0.1) is 5.10 Å². The van der Waals surface area contributed by atoms with Crippen LogP contribution in [-0.2, 0) is 9.59 Å². The first-order valence-corrected chi connectivity index (χ1v) is 7.00. The quantitative estimate of drug-likeness (QED) is 0.572. The van der Waals surface area contributed by atoms with Crippen LogP contribution in [0, 0.1) is 0 Å². The van der Waals surface area contributed by atoms with Crippen LogP contribution in [0.15, 0.2) is 28.4 Å². The molecule has 1 unspecified atom stereocenters. The smallest absolute Gasteiger partial charge is 0.305 e. The summed E-state index contributed by atoms with van der Waals surface area (Å²) in [6.07, 6.45) is 1.09. The molecule has 1 aromatic carbocycles. The number of amides is 1. The topological polar surface area (TPSA) is 111 Å². The number of halogens is 1. The maximum Gasteiger partial charge on any atom is 0.305 e. The number of carbonyl (C=O) groups excluding carboxylic acids is 1. The van der Waals surface area contributed by atoms with Gasteiger partial charge in [0.05, 0.1) is 17.7 Å². The van der Waals surface area contributed by atoms with Gasteiger partial charge in [0.25, 0.3) is 0 Å². The molecule has 3 N–H and O–H groups in total. The largest absolute Gasteiger partial charge is 0.508 e. The van der Waals surface area contributed by atoms with Crippen molar-refractivity contribution in [1.82, 2.24) is 5.32 Å². The number of benzene rings is 1. The summed E-state index contributed by atoms with van der Waals surface area (Å²) in [7, 11) is 0. The van der Waals surface area contributed by atoms with Crippen LogP contribution >= 0.6 is 23.4 Å². The lowest BCUT2D eigenvalue weighted by Crippen LogP contribution is -2.26. The van der Waals surface area contributed by atoms with Crippen molar-refractivity contribution in [3.63, 3.8) is 0 Å². The van der Waals surface area contributed by atoms with E-state index in [2.05, 4.69) is 15.5 Å². The van der Waals surface area contributed by atoms with E-state index in [1.807, 2.05) is 0 Å². The van der Waals surface area contributed by atoms with Gasteiger partial charge in [0.2, 0.25) is 5.91 Å². The summed E-state index contributed by atoms with van der Waals surface area (Å²) in [6, 6.07) is 4.38. The van der Waals surface area contributed by atoms with Crippen LogP contribution in [0.5, 0.6) is 5.75 Å². The van der Waals surface area contributed by atoms with Crippen LogP contribution in [0.3, 0.4) is 0 Å². The number of carboxylic acids is 1. The molecule has 0 saturated carbocycles. The Balaban J connectivity index is 2.03. The van der Waals surface area contributed by atoms with E-state index in [1.165, 1.54) is 18.3 Å². The third-order valence-electron chi connectivity index (χ3n) is 2.47. The number of hydrogen-bond donors (Lipinski definition) is 3. The minimum Gasteiger partial charge on any atom is -0.508 e. The Kier molecular flexibility index (Phi) is 4.81. The summed E-state index contributed by atoms with van der Waals surface area (Å²) in [5, 5.41) is 27.7. The fourth-order valence-electron chi connectivity index (χ4n) is 1.51. The Bertz CT molecular complexity index is 647. The number of rotatable bonds is 4. The van der Waals surface area contributed by atoms with Crippen molar-refractivity contribution in [2.24, 2.45) is 10.2 Å². The second-order valence-electron chi connectivity index (χ2n) is 4.05. The normalized spacial score (nSPS) is 20.1. The molecule has 1 aliphatic rings. The van der Waals surface area contributed by atoms with E-state index >= 15 is 0 Å². The van der Waals surface area contributed by atoms with Crippen molar-refractivity contribution in [2.45, 2.75) is 11.7 Å². The van der Waals surface area contributed by atoms with Crippen molar-refractivity contribution in [2.75, 3.05) is 0 Å². The number of nitrogens with one attached hydrogen (secondary N) is 1. The molecule has 1 aliphatic heterocycles. The second-order valence-corrected chi connectivity index (χ2v) is 5.65. The van der Waals surface area contributed by atoms with Gasteiger partial charge in [-0.2, -0.15) is 5.10 Å². The van der Waals surface area contributed by atoms with E-state index in [-0.39, 0.29) is 17.3 Å². The summed E-state index contributed by atoms with van der Waals surface area (Å²) in [5.41, 5.74) is 0.551. The molecule has 0 spiro atoms. The molecule has 2 rings (SSSR count). The number of amidine groups is 1. The number of carboxylic acid groups (broad SMARTS) is 1. The van der Waals surface area contributed by atoms with Gasteiger partial charge in [-0.3, -0.25) is 9.59 Å². The third kappa shape index (κ3) is 4.20. The molecule has 1 atom stereocenters. The van der Waals surface area contributed by atoms with Gasteiger partial charge in [0, 0.05) is 5.56 Å². The molecule has 1 saturated heterocycles. The monoisotopic (exact) mass is 327 g/mol. The van der Waals surface area contributed by atoms with E-state index < -0.39 is 17.1 Å². The van der Waals surface area contributed by atoms with Gasteiger partial charge in [-0.1, -0.05) is 23.4 Å². The van der Waals surface area contributed by atoms with Crippen LogP contribution in [0.4, 0.5) is 0 Å². The van der Waals surface area contributed by atoms with E-state index in [0.717, 1.165) is 11.8 Å². The zero-order chi connectivity index (χ0) is 15.4. The van der Waals surface area contributed by atoms with Gasteiger partial charge in [-0.05, 0) is 18.2 Å². The summed E-state index contributed by atoms with van der Waals surface area (Å²) < 4.78 is 0. The van der Waals surface area contributed by atoms with Gasteiger partial charge >= 0.3 is 5.97 Å². The molecule has 1 amide bonds. The molecule has 110 valence electrons. The fourth-order valence-corrected chi connectivity index (χ4v) is 2.65. The lowest BCUT2D eigenvalue weighted by atomic mass is 10.2. The average Bonchev–Trinajstić information content (AvgIpc) is 2.72. The number of hydrogen-bond acceptors (Lipinski definition) is 6. The highest BCUT2D eigenvalue weighted by atomic mass is 35.5. The Morgan fingerprint density at radius 1 is 1.52 bits per heavy atom. The summed E-state index contributed by atoms with van der Waals surface area (Å²) in [6.45, 7) is 0. The number of nitrogens with zero attached hydrogens (tertiary/aromatic N) is 2. The number of phenolic OH excluding ortho intramolecular Hbond substituents is 1. The van der Waals surface area contributed by atoms with Crippen LogP contribution in [0.1, 0.15) is 12.0 Å². The maximum atomic E-state index is 11.5. The second kappa shape index (κ2) is 6.59. The van der Waals surface area contributed by atoms with E-state index in [1.54, 1.807) is 6.07 Å². The Hall–Kier alpha value is -2.06. The lowest BCUT2D eigenvalue weighted by molar-refractivity contribution is -0.138. The minimum absolute atomic E-state index is 0.0404. The van der Waals surface area contributed by atoms with Crippen LogP contribution < -0.4 is 5.32 Å². The van der Waals surface area contributed by atoms with Crippen molar-refractivity contribution in [3.05, 3.63) is 28.8 Å². The van der Waals surface area contributed by atoms with Gasteiger partial charge in [0.15, 0.2) is 5.17 Å². The van der Waals surface area contributed by atoms with E-state index in [4.69, 9.17) is 16.7 Å². The van der Waals surface area contributed by atoms with Crippen molar-refractivity contribution >= 4 is 46.6 Å². The van der Waals surface area contributed by atoms with Gasteiger partial charge < -0.3 is 15.5 Å². The maximum absolute atomic E-state index is 11.5. The molecule has 1 heterocycles. The number of carbonyl (C=O) groups is 2. The lowest BCUT2D eigenvalue weighted by Gasteiger charge is -1.98. The SMILES string of the molecule is O=C(O)CC1SC(=NN=Cc2ccc(O)cc2Cl)NC1=O. The molecule has 0 radical (unpaired) electrons. The predicted octanol–water partition coefficient (Wildman–Crippen LogP) is 1.44. The van der Waals surface area contributed by atoms with Crippen molar-refractivity contribution in [3.8, 4) is 5.75 Å². The molecular weight excluding hydrogens is 318 g/mol. The van der Waals surface area contributed by atoms with E-state index in [9.17, 15) is 14.7 Å². The molecule has 21 heavy (non-hydrogen) atoms. The van der Waals surface area contributed by atoms with Gasteiger partial charge in [-0.25, -0.2) is 0 Å². The molecule has 1 fully saturated rings. The average molecular weight is 328 g/mol. The highest BCUT2D eigenvalue weighted by molar-refractivity contribution is 8.15. The van der Waals surface area contributed by atoms with Crippen molar-refractivity contribution < 1.29 is 19.8 Å². The summed E-state index contributed by atoms with van der Waals surface area (Å²) >= 11 is 6.90. The molecule has 1 aromatic rings. The first-order chi connectivity index (χ1) is 9.95. The number of aliphatic carboxylic acids is 1. The molecule has 0 bridgehead atoms. The van der Waals surface area contributed by atoms with Crippen LogP contribution in [0.25, 0.3) is 0 Å². The Labute approximate surface area is 128 Å². The zero-order valence-electron chi connectivity index (χ0n) is 10.5.